The van der Waals surface area contributed by atoms with Crippen LogP contribution in [-0.4, -0.2) is 11.5 Å². The molecule has 2 rings (SSSR count). The molecule has 11 heavy (non-hydrogen) atoms. The van der Waals surface area contributed by atoms with Crippen LogP contribution in [0.1, 0.15) is 17.4 Å². The fourth-order valence-corrected chi connectivity index (χ4v) is 1.04. The lowest BCUT2D eigenvalue weighted by Gasteiger charge is -1.96. The van der Waals surface area contributed by atoms with Crippen LogP contribution in [0.2, 0.25) is 0 Å². The fraction of sp³-hybridized carbons (Fsp3) is 0.222. The van der Waals surface area contributed by atoms with Crippen molar-refractivity contribution in [3.05, 3.63) is 36.2 Å². The maximum absolute atomic E-state index is 4.37. The molecular weight excluding hydrogens is 136 g/mol. The number of aromatic nitrogens is 1. The van der Waals surface area contributed by atoms with E-state index < -0.39 is 0 Å². The van der Waals surface area contributed by atoms with E-state index in [0.29, 0.717) is 6.04 Å². The van der Waals surface area contributed by atoms with E-state index in [1.165, 1.54) is 0 Å². The lowest BCUT2D eigenvalue weighted by molar-refractivity contribution is 0.988. The van der Waals surface area contributed by atoms with Gasteiger partial charge in [0.15, 0.2) is 0 Å². The lowest BCUT2D eigenvalue weighted by atomic mass is 10.2. The van der Waals surface area contributed by atoms with Crippen LogP contribution in [0.5, 0.6) is 0 Å². The number of pyridine rings is 1. The molecular formula is C9H10N2. The maximum atomic E-state index is 4.37. The average molecular weight is 146 g/mol. The van der Waals surface area contributed by atoms with Gasteiger partial charge < -0.3 is 5.32 Å². The van der Waals surface area contributed by atoms with Crippen molar-refractivity contribution in [2.24, 2.45) is 0 Å². The van der Waals surface area contributed by atoms with Crippen LogP contribution in [0, 0.1) is 0 Å². The molecule has 1 aliphatic rings. The molecule has 0 aromatic carbocycles. The van der Waals surface area contributed by atoms with Crippen molar-refractivity contribution in [3.8, 4) is 0 Å². The Balaban J connectivity index is 2.33. The Morgan fingerprint density at radius 3 is 3.09 bits per heavy atom. The van der Waals surface area contributed by atoms with Crippen molar-refractivity contribution >= 4 is 6.08 Å². The molecule has 1 N–H and O–H groups in total. The molecule has 0 aliphatic carbocycles. The van der Waals surface area contributed by atoms with Gasteiger partial charge in [0.25, 0.3) is 0 Å². The molecule has 1 saturated heterocycles. The second kappa shape index (κ2) is 2.47. The van der Waals surface area contributed by atoms with Crippen molar-refractivity contribution in [2.75, 3.05) is 6.54 Å². The molecule has 2 heterocycles. The van der Waals surface area contributed by atoms with E-state index in [-0.39, 0.29) is 0 Å². The minimum absolute atomic E-state index is 0.495. The molecule has 0 saturated carbocycles. The first-order chi connectivity index (χ1) is 5.40. The first kappa shape index (κ1) is 6.55. The molecule has 1 atom stereocenters. The summed E-state index contributed by atoms with van der Waals surface area (Å²) in [5.41, 5.74) is 2.08. The van der Waals surface area contributed by atoms with E-state index >= 15 is 0 Å². The van der Waals surface area contributed by atoms with Gasteiger partial charge in [0.2, 0.25) is 0 Å². The Morgan fingerprint density at radius 1 is 1.64 bits per heavy atom. The fourth-order valence-electron chi connectivity index (χ4n) is 1.04. The van der Waals surface area contributed by atoms with Crippen LogP contribution in [-0.2, 0) is 0 Å². The normalized spacial score (nSPS) is 21.3. The molecule has 0 radical (unpaired) electrons. The summed E-state index contributed by atoms with van der Waals surface area (Å²) in [6.45, 7) is 4.73. The Labute approximate surface area is 66.0 Å². The van der Waals surface area contributed by atoms with Gasteiger partial charge in [-0.25, -0.2) is 0 Å². The predicted molar refractivity (Wildman–Crippen MR) is 45.1 cm³/mol. The van der Waals surface area contributed by atoms with Crippen LogP contribution in [0.25, 0.3) is 6.08 Å². The molecule has 56 valence electrons. The topological polar surface area (TPSA) is 34.8 Å². The van der Waals surface area contributed by atoms with Crippen molar-refractivity contribution < 1.29 is 0 Å². The predicted octanol–water partition coefficient (Wildman–Crippen LogP) is 1.37. The van der Waals surface area contributed by atoms with E-state index in [1.807, 2.05) is 18.2 Å². The van der Waals surface area contributed by atoms with Gasteiger partial charge in [0.05, 0.1) is 17.4 Å². The summed E-state index contributed by atoms with van der Waals surface area (Å²) < 4.78 is 0. The Morgan fingerprint density at radius 2 is 2.45 bits per heavy atom. The van der Waals surface area contributed by atoms with Crippen LogP contribution in [0.3, 0.4) is 0 Å². The molecule has 0 amide bonds. The zero-order valence-electron chi connectivity index (χ0n) is 6.25. The zero-order valence-corrected chi connectivity index (χ0v) is 6.25. The highest BCUT2D eigenvalue weighted by molar-refractivity contribution is 5.41. The highest BCUT2D eigenvalue weighted by atomic mass is 15.1. The minimum Gasteiger partial charge on any atom is -0.306 e. The molecule has 2 heteroatoms. The van der Waals surface area contributed by atoms with E-state index in [0.717, 1.165) is 17.9 Å². The van der Waals surface area contributed by atoms with Gasteiger partial charge in [-0.15, -0.1) is 0 Å². The van der Waals surface area contributed by atoms with Gasteiger partial charge in [0, 0.05) is 6.54 Å². The Hall–Kier alpha value is -1.15. The molecule has 0 spiro atoms. The lowest BCUT2D eigenvalue weighted by Crippen LogP contribution is -1.90. The van der Waals surface area contributed by atoms with Crippen LogP contribution in [0.4, 0.5) is 0 Å². The van der Waals surface area contributed by atoms with Crippen molar-refractivity contribution in [1.82, 2.24) is 10.3 Å². The number of nitrogens with one attached hydrogen (secondary N) is 1. The van der Waals surface area contributed by atoms with Crippen molar-refractivity contribution in [2.45, 2.75) is 6.04 Å². The third-order valence-corrected chi connectivity index (χ3v) is 1.77. The van der Waals surface area contributed by atoms with Gasteiger partial charge in [-0.2, -0.15) is 0 Å². The smallest absolute Gasteiger partial charge is 0.0627 e. The van der Waals surface area contributed by atoms with Gasteiger partial charge >= 0.3 is 0 Å². The number of hydrogen-bond donors (Lipinski definition) is 1. The van der Waals surface area contributed by atoms with E-state index in [1.54, 1.807) is 6.08 Å². The molecule has 0 bridgehead atoms. The second-order valence-electron chi connectivity index (χ2n) is 2.65. The van der Waals surface area contributed by atoms with Gasteiger partial charge in [0.1, 0.15) is 0 Å². The van der Waals surface area contributed by atoms with Gasteiger partial charge in [-0.1, -0.05) is 12.6 Å². The molecule has 1 aromatic rings. The zero-order chi connectivity index (χ0) is 7.68. The molecule has 0 unspecified atom stereocenters. The third-order valence-electron chi connectivity index (χ3n) is 1.77. The summed E-state index contributed by atoms with van der Waals surface area (Å²) in [5.74, 6) is 0. The van der Waals surface area contributed by atoms with Crippen LogP contribution in [0.15, 0.2) is 24.8 Å². The SMILES string of the molecule is C=Cc1cccc([C@H]2CN2)n1. The summed E-state index contributed by atoms with van der Waals surface area (Å²) in [6.07, 6.45) is 1.77. The maximum Gasteiger partial charge on any atom is 0.0627 e. The first-order valence-corrected chi connectivity index (χ1v) is 3.73. The van der Waals surface area contributed by atoms with E-state index in [9.17, 15) is 0 Å². The van der Waals surface area contributed by atoms with E-state index in [2.05, 4.69) is 16.9 Å². The Kier molecular flexibility index (Phi) is 1.47. The van der Waals surface area contributed by atoms with Crippen molar-refractivity contribution in [3.63, 3.8) is 0 Å². The summed E-state index contributed by atoms with van der Waals surface area (Å²) >= 11 is 0. The van der Waals surface area contributed by atoms with Crippen molar-refractivity contribution in [1.29, 1.82) is 0 Å². The number of rotatable bonds is 2. The molecule has 1 aliphatic heterocycles. The monoisotopic (exact) mass is 146 g/mol. The molecule has 1 aromatic heterocycles. The molecule has 1 fully saturated rings. The van der Waals surface area contributed by atoms with Crippen LogP contribution < -0.4 is 5.32 Å². The standard InChI is InChI=1S/C9H10N2/c1-2-7-4-3-5-8(11-7)9-6-10-9/h2-5,9-10H,1,6H2/t9-/m1/s1. The number of nitrogens with zero attached hydrogens (tertiary/aromatic N) is 1. The Bertz CT molecular complexity index is 277. The highest BCUT2D eigenvalue weighted by Gasteiger charge is 2.23. The highest BCUT2D eigenvalue weighted by Crippen LogP contribution is 2.18. The molecule has 2 nitrogen and oxygen atoms in total. The average Bonchev–Trinajstić information content (AvgIpc) is 2.87. The second-order valence-corrected chi connectivity index (χ2v) is 2.65. The summed E-state index contributed by atoms with van der Waals surface area (Å²) in [4.78, 5) is 4.37. The van der Waals surface area contributed by atoms with E-state index in [4.69, 9.17) is 0 Å². The van der Waals surface area contributed by atoms with Crippen LogP contribution >= 0.6 is 0 Å². The first-order valence-electron chi connectivity index (χ1n) is 3.73. The summed E-state index contributed by atoms with van der Waals surface area (Å²) in [6, 6.07) is 6.51. The quantitative estimate of drug-likeness (QED) is 0.639. The van der Waals surface area contributed by atoms with Gasteiger partial charge in [-0.3, -0.25) is 4.98 Å². The third kappa shape index (κ3) is 1.30. The largest absolute Gasteiger partial charge is 0.306 e. The van der Waals surface area contributed by atoms with Gasteiger partial charge in [-0.05, 0) is 18.2 Å². The minimum atomic E-state index is 0.495. The summed E-state index contributed by atoms with van der Waals surface area (Å²) in [5, 5.41) is 3.21. The summed E-state index contributed by atoms with van der Waals surface area (Å²) in [7, 11) is 0. The number of hydrogen-bond acceptors (Lipinski definition) is 2.